The summed E-state index contributed by atoms with van der Waals surface area (Å²) in [4.78, 5) is 22.6. The number of ether oxygens (including phenoxy) is 2. The number of hydrogen-bond donors (Lipinski definition) is 1. The van der Waals surface area contributed by atoms with E-state index in [2.05, 4.69) is 5.32 Å². The zero-order valence-electron chi connectivity index (χ0n) is 10.8. The maximum atomic E-state index is 12.1. The summed E-state index contributed by atoms with van der Waals surface area (Å²) in [5.41, 5.74) is 0.679. The van der Waals surface area contributed by atoms with Crippen molar-refractivity contribution in [2.45, 2.75) is 0 Å². The highest BCUT2D eigenvalue weighted by Gasteiger charge is 2.13. The number of para-hydroxylation sites is 1. The quantitative estimate of drug-likeness (QED) is 0.515. The van der Waals surface area contributed by atoms with E-state index in [1.807, 2.05) is 0 Å². The largest absolute Gasteiger partial charge is 0.497 e. The first-order valence-electron chi connectivity index (χ1n) is 5.90. The van der Waals surface area contributed by atoms with Crippen molar-refractivity contribution in [3.8, 4) is 11.5 Å². The van der Waals surface area contributed by atoms with E-state index in [-0.39, 0.29) is 5.56 Å². The molecule has 0 unspecified atom stereocenters. The van der Waals surface area contributed by atoms with E-state index in [0.717, 1.165) is 0 Å². The van der Waals surface area contributed by atoms with E-state index in [1.54, 1.807) is 48.5 Å². The summed E-state index contributed by atoms with van der Waals surface area (Å²) >= 11 is 0. The molecule has 0 radical (unpaired) electrons. The Balaban J connectivity index is 2.21. The Morgan fingerprint density at radius 2 is 1.85 bits per heavy atom. The lowest BCUT2D eigenvalue weighted by Gasteiger charge is -2.09. The Hall–Kier alpha value is -2.82. The van der Waals surface area contributed by atoms with Crippen LogP contribution in [0.4, 0.5) is 5.69 Å². The number of anilines is 1. The molecule has 0 aliphatic heterocycles. The van der Waals surface area contributed by atoms with Crippen molar-refractivity contribution in [1.29, 1.82) is 0 Å². The molecule has 0 heterocycles. The second-order valence-corrected chi connectivity index (χ2v) is 3.88. The Bertz CT molecular complexity index is 625. The fourth-order valence-electron chi connectivity index (χ4n) is 1.68. The van der Waals surface area contributed by atoms with Crippen LogP contribution in [0.3, 0.4) is 0 Å². The zero-order chi connectivity index (χ0) is 14.4. The third-order valence-corrected chi connectivity index (χ3v) is 2.61. The van der Waals surface area contributed by atoms with Gasteiger partial charge in [-0.2, -0.15) is 0 Å². The van der Waals surface area contributed by atoms with Gasteiger partial charge < -0.3 is 14.8 Å². The molecule has 0 aliphatic rings. The molecule has 0 aromatic heterocycles. The van der Waals surface area contributed by atoms with Crippen LogP contribution >= 0.6 is 0 Å². The van der Waals surface area contributed by atoms with Crippen LogP contribution in [-0.4, -0.2) is 19.5 Å². The molecule has 2 aromatic carbocycles. The summed E-state index contributed by atoms with van der Waals surface area (Å²) in [6.45, 7) is 0. The first-order valence-corrected chi connectivity index (χ1v) is 5.90. The van der Waals surface area contributed by atoms with Crippen molar-refractivity contribution in [2.24, 2.45) is 0 Å². The van der Waals surface area contributed by atoms with E-state index in [9.17, 15) is 9.59 Å². The SMILES string of the molecule is COc1cccc(OC(=O)c2ccccc2NC=O)c1. The van der Waals surface area contributed by atoms with E-state index >= 15 is 0 Å². The molecule has 0 aliphatic carbocycles. The first-order chi connectivity index (χ1) is 9.74. The second-order valence-electron chi connectivity index (χ2n) is 3.88. The Morgan fingerprint density at radius 3 is 2.60 bits per heavy atom. The standard InChI is InChI=1S/C15H13NO4/c1-19-11-5-4-6-12(9-11)20-15(18)13-7-2-3-8-14(13)16-10-17/h2-10H,1H3,(H,16,17). The monoisotopic (exact) mass is 271 g/mol. The molecule has 0 spiro atoms. The fraction of sp³-hybridized carbons (Fsp3) is 0.0667. The third-order valence-electron chi connectivity index (χ3n) is 2.61. The van der Waals surface area contributed by atoms with Gasteiger partial charge in [-0.3, -0.25) is 4.79 Å². The van der Waals surface area contributed by atoms with Crippen LogP contribution in [0.15, 0.2) is 48.5 Å². The first kappa shape index (κ1) is 13.6. The third kappa shape index (κ3) is 3.14. The van der Waals surface area contributed by atoms with Gasteiger partial charge in [0.15, 0.2) is 0 Å². The lowest BCUT2D eigenvalue weighted by Crippen LogP contribution is -2.11. The van der Waals surface area contributed by atoms with E-state index in [4.69, 9.17) is 9.47 Å². The predicted octanol–water partition coefficient (Wildman–Crippen LogP) is 2.48. The summed E-state index contributed by atoms with van der Waals surface area (Å²) in [5.74, 6) is 0.410. The fourth-order valence-corrected chi connectivity index (χ4v) is 1.68. The van der Waals surface area contributed by atoms with Gasteiger partial charge in [0.25, 0.3) is 0 Å². The summed E-state index contributed by atoms with van der Waals surface area (Å²) in [7, 11) is 1.53. The molecule has 2 rings (SSSR count). The predicted molar refractivity (Wildman–Crippen MR) is 74.1 cm³/mol. The molecule has 20 heavy (non-hydrogen) atoms. The number of carbonyl (C=O) groups excluding carboxylic acids is 2. The Labute approximate surface area is 116 Å². The summed E-state index contributed by atoms with van der Waals surface area (Å²) in [6, 6.07) is 13.3. The van der Waals surface area contributed by atoms with Crippen molar-refractivity contribution in [3.63, 3.8) is 0 Å². The average molecular weight is 271 g/mol. The molecule has 2 aromatic rings. The Kier molecular flexibility index (Phi) is 4.34. The van der Waals surface area contributed by atoms with E-state index in [1.165, 1.54) is 7.11 Å². The molecule has 5 nitrogen and oxygen atoms in total. The molecule has 0 bridgehead atoms. The summed E-state index contributed by atoms with van der Waals surface area (Å²) in [6.07, 6.45) is 0.512. The van der Waals surface area contributed by atoms with Gasteiger partial charge in [0.1, 0.15) is 11.5 Å². The minimum Gasteiger partial charge on any atom is -0.497 e. The molecule has 102 valence electrons. The number of hydrogen-bond acceptors (Lipinski definition) is 4. The molecule has 1 N–H and O–H groups in total. The molecule has 0 fully saturated rings. The highest BCUT2D eigenvalue weighted by molar-refractivity contribution is 5.98. The van der Waals surface area contributed by atoms with Gasteiger partial charge in [0, 0.05) is 6.07 Å². The highest BCUT2D eigenvalue weighted by Crippen LogP contribution is 2.22. The normalized spacial score (nSPS) is 9.65. The van der Waals surface area contributed by atoms with Crippen LogP contribution in [0.25, 0.3) is 0 Å². The van der Waals surface area contributed by atoms with Gasteiger partial charge in [-0.1, -0.05) is 18.2 Å². The van der Waals surface area contributed by atoms with Crippen molar-refractivity contribution in [2.75, 3.05) is 12.4 Å². The molecular formula is C15H13NO4. The van der Waals surface area contributed by atoms with Crippen molar-refractivity contribution < 1.29 is 19.1 Å². The van der Waals surface area contributed by atoms with Gasteiger partial charge in [0.05, 0.1) is 18.4 Å². The van der Waals surface area contributed by atoms with Gasteiger partial charge in [0.2, 0.25) is 6.41 Å². The maximum Gasteiger partial charge on any atom is 0.345 e. The molecular weight excluding hydrogens is 258 g/mol. The van der Waals surface area contributed by atoms with Crippen molar-refractivity contribution >= 4 is 18.1 Å². The zero-order valence-corrected chi connectivity index (χ0v) is 10.8. The van der Waals surface area contributed by atoms with Gasteiger partial charge in [-0.05, 0) is 24.3 Å². The van der Waals surface area contributed by atoms with Crippen molar-refractivity contribution in [1.82, 2.24) is 0 Å². The van der Waals surface area contributed by atoms with Gasteiger partial charge in [-0.25, -0.2) is 4.79 Å². The summed E-state index contributed by atoms with van der Waals surface area (Å²) < 4.78 is 10.3. The topological polar surface area (TPSA) is 64.6 Å². The minimum atomic E-state index is -0.553. The van der Waals surface area contributed by atoms with Gasteiger partial charge in [-0.15, -0.1) is 0 Å². The molecule has 5 heteroatoms. The second kappa shape index (κ2) is 6.38. The van der Waals surface area contributed by atoms with Crippen LogP contribution < -0.4 is 14.8 Å². The molecule has 0 atom stereocenters. The van der Waals surface area contributed by atoms with Crippen LogP contribution in [-0.2, 0) is 4.79 Å². The maximum absolute atomic E-state index is 12.1. The molecule has 0 saturated carbocycles. The van der Waals surface area contributed by atoms with Crippen LogP contribution in [0.2, 0.25) is 0 Å². The lowest BCUT2D eigenvalue weighted by molar-refractivity contribution is -0.105. The van der Waals surface area contributed by atoms with Crippen molar-refractivity contribution in [3.05, 3.63) is 54.1 Å². The van der Waals surface area contributed by atoms with E-state index < -0.39 is 5.97 Å². The van der Waals surface area contributed by atoms with Crippen LogP contribution in [0, 0.1) is 0 Å². The minimum absolute atomic E-state index is 0.280. The van der Waals surface area contributed by atoms with E-state index in [0.29, 0.717) is 23.6 Å². The van der Waals surface area contributed by atoms with Crippen LogP contribution in [0.1, 0.15) is 10.4 Å². The number of rotatable bonds is 5. The van der Waals surface area contributed by atoms with Gasteiger partial charge >= 0.3 is 5.97 Å². The summed E-state index contributed by atoms with van der Waals surface area (Å²) in [5, 5.41) is 2.46. The number of amides is 1. The number of nitrogens with one attached hydrogen (secondary N) is 1. The smallest absolute Gasteiger partial charge is 0.345 e. The molecule has 1 amide bonds. The number of carbonyl (C=O) groups is 2. The average Bonchev–Trinajstić information content (AvgIpc) is 2.48. The Morgan fingerprint density at radius 1 is 1.10 bits per heavy atom. The number of methoxy groups -OCH3 is 1. The highest BCUT2D eigenvalue weighted by atomic mass is 16.5. The lowest BCUT2D eigenvalue weighted by atomic mass is 10.2. The number of esters is 1. The molecule has 0 saturated heterocycles. The number of benzene rings is 2. The van der Waals surface area contributed by atoms with Crippen LogP contribution in [0.5, 0.6) is 11.5 Å².